The quantitative estimate of drug-likeness (QED) is 0.851. The van der Waals surface area contributed by atoms with Crippen LogP contribution < -0.4 is 0 Å². The van der Waals surface area contributed by atoms with Gasteiger partial charge in [0.25, 0.3) is 0 Å². The third kappa shape index (κ3) is 1.73. The van der Waals surface area contributed by atoms with Crippen molar-refractivity contribution in [3.8, 4) is 0 Å². The van der Waals surface area contributed by atoms with E-state index in [2.05, 4.69) is 31.8 Å². The van der Waals surface area contributed by atoms with Gasteiger partial charge in [0.2, 0.25) is 0 Å². The summed E-state index contributed by atoms with van der Waals surface area (Å²) in [4.78, 5) is 5.89. The number of aliphatic hydroxyl groups excluding tert-OH is 1. The van der Waals surface area contributed by atoms with Gasteiger partial charge in [-0.1, -0.05) is 0 Å². The van der Waals surface area contributed by atoms with Crippen molar-refractivity contribution in [3.63, 3.8) is 0 Å². The van der Waals surface area contributed by atoms with Crippen LogP contribution in [0, 0.1) is 20.8 Å². The van der Waals surface area contributed by atoms with E-state index in [0.717, 1.165) is 16.3 Å². The zero-order valence-corrected chi connectivity index (χ0v) is 11.9. The zero-order chi connectivity index (χ0) is 12.9. The van der Waals surface area contributed by atoms with Gasteiger partial charge in [-0.2, -0.15) is 0 Å². The smallest absolute Gasteiger partial charge is 0.128 e. The van der Waals surface area contributed by atoms with Gasteiger partial charge in [0.15, 0.2) is 0 Å². The Morgan fingerprint density at radius 2 is 2.00 bits per heavy atom. The molecule has 0 saturated carbocycles. The van der Waals surface area contributed by atoms with Crippen LogP contribution in [0.2, 0.25) is 0 Å². The third-order valence-electron chi connectivity index (χ3n) is 4.16. The lowest BCUT2D eigenvalue weighted by Gasteiger charge is -2.08. The first kappa shape index (κ1) is 12.0. The fraction of sp³-hybridized carbons (Fsp3) is 0.467. The van der Waals surface area contributed by atoms with Crippen LogP contribution in [0.1, 0.15) is 50.4 Å². The van der Waals surface area contributed by atoms with Crippen molar-refractivity contribution >= 4 is 11.3 Å². The third-order valence-corrected chi connectivity index (χ3v) is 5.45. The number of nitrogens with one attached hydrogen (secondary N) is 1. The largest absolute Gasteiger partial charge is 0.381 e. The summed E-state index contributed by atoms with van der Waals surface area (Å²) in [5, 5.41) is 10.5. The second kappa shape index (κ2) is 4.25. The first-order valence-electron chi connectivity index (χ1n) is 6.53. The van der Waals surface area contributed by atoms with Gasteiger partial charge in [-0.15, -0.1) is 11.3 Å². The van der Waals surface area contributed by atoms with Crippen molar-refractivity contribution in [1.29, 1.82) is 0 Å². The average molecular weight is 261 g/mol. The van der Waals surface area contributed by atoms with Crippen LogP contribution in [0.4, 0.5) is 0 Å². The minimum atomic E-state index is -0.493. The van der Waals surface area contributed by atoms with Gasteiger partial charge >= 0.3 is 0 Å². The maximum atomic E-state index is 10.5. The summed E-state index contributed by atoms with van der Waals surface area (Å²) in [6.07, 6.45) is 3.15. The molecule has 0 aromatic carbocycles. The highest BCUT2D eigenvalue weighted by Gasteiger charge is 2.22. The van der Waals surface area contributed by atoms with Crippen molar-refractivity contribution in [2.24, 2.45) is 0 Å². The van der Waals surface area contributed by atoms with E-state index in [1.807, 2.05) is 0 Å². The number of aromatic nitrogens is 1. The molecular formula is C15H19NOS. The first-order chi connectivity index (χ1) is 8.58. The van der Waals surface area contributed by atoms with Crippen LogP contribution in [0.25, 0.3) is 0 Å². The topological polar surface area (TPSA) is 36.0 Å². The van der Waals surface area contributed by atoms with Crippen molar-refractivity contribution in [3.05, 3.63) is 43.9 Å². The summed E-state index contributed by atoms with van der Waals surface area (Å²) in [5.41, 5.74) is 6.02. The molecule has 1 aliphatic rings. The molecule has 0 amide bonds. The van der Waals surface area contributed by atoms with Gasteiger partial charge in [0.05, 0.1) is 5.69 Å². The Kier molecular flexibility index (Phi) is 2.83. The van der Waals surface area contributed by atoms with E-state index < -0.39 is 6.10 Å². The van der Waals surface area contributed by atoms with Crippen molar-refractivity contribution < 1.29 is 5.11 Å². The number of aliphatic hydroxyl groups is 1. The monoisotopic (exact) mass is 261 g/mol. The summed E-state index contributed by atoms with van der Waals surface area (Å²) in [6, 6.07) is 2.20. The molecule has 1 aliphatic carbocycles. The Morgan fingerprint density at radius 3 is 2.61 bits per heavy atom. The molecule has 2 aromatic heterocycles. The summed E-state index contributed by atoms with van der Waals surface area (Å²) in [6.45, 7) is 6.25. The van der Waals surface area contributed by atoms with Crippen LogP contribution in [0.15, 0.2) is 6.07 Å². The Balaban J connectivity index is 1.98. The molecule has 0 bridgehead atoms. The molecular weight excluding hydrogens is 242 g/mol. The predicted molar refractivity (Wildman–Crippen MR) is 75.4 cm³/mol. The lowest BCUT2D eigenvalue weighted by molar-refractivity contribution is 0.219. The van der Waals surface area contributed by atoms with E-state index in [1.54, 1.807) is 11.3 Å². The Bertz CT molecular complexity index is 572. The summed E-state index contributed by atoms with van der Waals surface area (Å²) < 4.78 is 0. The van der Waals surface area contributed by atoms with E-state index in [1.165, 1.54) is 40.8 Å². The second-order valence-electron chi connectivity index (χ2n) is 5.27. The van der Waals surface area contributed by atoms with Crippen molar-refractivity contribution in [2.45, 2.75) is 46.1 Å². The van der Waals surface area contributed by atoms with Crippen LogP contribution >= 0.6 is 11.3 Å². The number of aromatic amines is 1. The van der Waals surface area contributed by atoms with Gasteiger partial charge in [-0.3, -0.25) is 0 Å². The van der Waals surface area contributed by atoms with E-state index in [4.69, 9.17) is 0 Å². The SMILES string of the molecule is Cc1[nH]c(C(O)c2cc3c(s2)CCC3)c(C)c1C. The van der Waals surface area contributed by atoms with Gasteiger partial charge in [-0.05, 0) is 62.8 Å². The standard InChI is InChI=1S/C15H19NOS/c1-8-9(2)14(16-10(8)3)15(17)13-7-11-5-4-6-12(11)18-13/h7,15-17H,4-6H2,1-3H3. The molecule has 0 saturated heterocycles. The highest BCUT2D eigenvalue weighted by Crippen LogP contribution is 2.37. The van der Waals surface area contributed by atoms with Gasteiger partial charge in [-0.25, -0.2) is 0 Å². The Labute approximate surface area is 112 Å². The summed E-state index contributed by atoms with van der Waals surface area (Å²) in [5.74, 6) is 0. The Morgan fingerprint density at radius 1 is 1.22 bits per heavy atom. The molecule has 1 atom stereocenters. The number of hydrogen-bond acceptors (Lipinski definition) is 2. The fourth-order valence-corrected chi connectivity index (χ4v) is 4.03. The molecule has 18 heavy (non-hydrogen) atoms. The highest BCUT2D eigenvalue weighted by atomic mass is 32.1. The van der Waals surface area contributed by atoms with Gasteiger partial charge in [0.1, 0.15) is 6.10 Å². The van der Waals surface area contributed by atoms with Gasteiger partial charge < -0.3 is 10.1 Å². The normalized spacial score (nSPS) is 16.0. The Hall–Kier alpha value is -1.06. The molecule has 2 heterocycles. The number of thiophene rings is 1. The van der Waals surface area contributed by atoms with Crippen molar-refractivity contribution in [2.75, 3.05) is 0 Å². The van der Waals surface area contributed by atoms with Crippen LogP contribution in [0.3, 0.4) is 0 Å². The molecule has 2 aromatic rings. The minimum Gasteiger partial charge on any atom is -0.381 e. The van der Waals surface area contributed by atoms with Crippen molar-refractivity contribution in [1.82, 2.24) is 4.98 Å². The van der Waals surface area contributed by atoms with Crippen LogP contribution in [0.5, 0.6) is 0 Å². The maximum Gasteiger partial charge on any atom is 0.128 e. The molecule has 3 rings (SSSR count). The van der Waals surface area contributed by atoms with E-state index in [0.29, 0.717) is 0 Å². The first-order valence-corrected chi connectivity index (χ1v) is 7.34. The van der Waals surface area contributed by atoms with E-state index in [9.17, 15) is 5.11 Å². The number of aryl methyl sites for hydroxylation is 3. The molecule has 0 fully saturated rings. The molecule has 3 heteroatoms. The number of H-pyrrole nitrogens is 1. The summed E-state index contributed by atoms with van der Waals surface area (Å²) >= 11 is 1.78. The zero-order valence-electron chi connectivity index (χ0n) is 11.1. The summed E-state index contributed by atoms with van der Waals surface area (Å²) in [7, 11) is 0. The maximum absolute atomic E-state index is 10.5. The number of rotatable bonds is 2. The van der Waals surface area contributed by atoms with Gasteiger partial charge in [0, 0.05) is 15.4 Å². The molecule has 2 nitrogen and oxygen atoms in total. The number of hydrogen-bond donors (Lipinski definition) is 2. The predicted octanol–water partition coefficient (Wildman–Crippen LogP) is 3.57. The molecule has 2 N–H and O–H groups in total. The molecule has 0 aliphatic heterocycles. The lowest BCUT2D eigenvalue weighted by atomic mass is 10.1. The van der Waals surface area contributed by atoms with E-state index >= 15 is 0 Å². The minimum absolute atomic E-state index is 0.493. The van der Waals surface area contributed by atoms with Crippen LogP contribution in [-0.4, -0.2) is 10.1 Å². The lowest BCUT2D eigenvalue weighted by Crippen LogP contribution is -2.00. The van der Waals surface area contributed by atoms with E-state index in [-0.39, 0.29) is 0 Å². The fourth-order valence-electron chi connectivity index (χ4n) is 2.78. The molecule has 96 valence electrons. The average Bonchev–Trinajstić information content (AvgIpc) is 2.98. The molecule has 1 unspecified atom stereocenters. The second-order valence-corrected chi connectivity index (χ2v) is 6.44. The highest BCUT2D eigenvalue weighted by molar-refractivity contribution is 7.12. The molecule has 0 spiro atoms. The molecule has 0 radical (unpaired) electrons. The number of fused-ring (bicyclic) bond motifs is 1. The van der Waals surface area contributed by atoms with Crippen LogP contribution in [-0.2, 0) is 12.8 Å².